The summed E-state index contributed by atoms with van der Waals surface area (Å²) < 4.78 is 4.98. The lowest BCUT2D eigenvalue weighted by atomic mass is 10.1. The van der Waals surface area contributed by atoms with Crippen molar-refractivity contribution in [2.75, 3.05) is 0 Å². The largest absolute Gasteiger partial charge is 0.434 e. The highest BCUT2D eigenvalue weighted by Crippen LogP contribution is 2.05. The van der Waals surface area contributed by atoms with Gasteiger partial charge >= 0.3 is 5.97 Å². The summed E-state index contributed by atoms with van der Waals surface area (Å²) >= 11 is 0. The fraction of sp³-hybridized carbons (Fsp3) is 0.308. The van der Waals surface area contributed by atoms with Gasteiger partial charge in [-0.2, -0.15) is 0 Å². The second-order valence-electron chi connectivity index (χ2n) is 3.46. The molecule has 15 heavy (non-hydrogen) atoms. The van der Waals surface area contributed by atoms with E-state index in [9.17, 15) is 4.79 Å². The highest BCUT2D eigenvalue weighted by atomic mass is 16.5. The zero-order chi connectivity index (χ0) is 11.1. The Bertz CT molecular complexity index is 328. The van der Waals surface area contributed by atoms with E-state index in [2.05, 4.69) is 0 Å². The third kappa shape index (κ3) is 3.98. The highest BCUT2D eigenvalue weighted by molar-refractivity contribution is 5.73. The third-order valence-corrected chi connectivity index (χ3v) is 2.26. The number of hydrogen-bond donors (Lipinski definition) is 0. The first kappa shape index (κ1) is 11.5. The van der Waals surface area contributed by atoms with Crippen LogP contribution in [0.4, 0.5) is 0 Å². The van der Waals surface area contributed by atoms with Gasteiger partial charge < -0.3 is 4.74 Å². The molecule has 0 heterocycles. The van der Waals surface area contributed by atoms with Gasteiger partial charge in [-0.05, 0) is 18.1 Å². The molecule has 1 aromatic rings. The van der Waals surface area contributed by atoms with E-state index in [4.69, 9.17) is 4.74 Å². The van der Waals surface area contributed by atoms with Crippen molar-refractivity contribution in [3.8, 4) is 0 Å². The molecule has 0 bridgehead atoms. The van der Waals surface area contributed by atoms with Crippen LogP contribution in [0.2, 0.25) is 0 Å². The molecule has 0 N–H and O–H groups in total. The third-order valence-electron chi connectivity index (χ3n) is 2.26. The molecule has 0 aliphatic carbocycles. The predicted molar refractivity (Wildman–Crippen MR) is 61.0 cm³/mol. The second kappa shape index (κ2) is 6.02. The Morgan fingerprint density at radius 3 is 2.67 bits per heavy atom. The standard InChI is InChI=1S/C13H16O2/c1-3-11(2)13(14)15-10-9-12-7-5-4-6-8-12/h4-11H,3H2,1-2H3/t11-/m0/s1. The molecule has 1 rings (SSSR count). The van der Waals surface area contributed by atoms with Gasteiger partial charge in [-0.1, -0.05) is 44.2 Å². The van der Waals surface area contributed by atoms with Crippen molar-refractivity contribution in [1.29, 1.82) is 0 Å². The Morgan fingerprint density at radius 1 is 1.40 bits per heavy atom. The summed E-state index contributed by atoms with van der Waals surface area (Å²) in [6.07, 6.45) is 4.03. The van der Waals surface area contributed by atoms with Gasteiger partial charge in [0.25, 0.3) is 0 Å². The van der Waals surface area contributed by atoms with Crippen LogP contribution in [-0.4, -0.2) is 5.97 Å². The molecule has 0 unspecified atom stereocenters. The summed E-state index contributed by atoms with van der Waals surface area (Å²) in [5, 5.41) is 0. The Kier molecular flexibility index (Phi) is 4.61. The van der Waals surface area contributed by atoms with Gasteiger partial charge in [0.2, 0.25) is 0 Å². The lowest BCUT2D eigenvalue weighted by Crippen LogP contribution is -2.10. The van der Waals surface area contributed by atoms with Crippen LogP contribution >= 0.6 is 0 Å². The van der Waals surface area contributed by atoms with Crippen LogP contribution in [0.15, 0.2) is 36.6 Å². The molecule has 2 nitrogen and oxygen atoms in total. The van der Waals surface area contributed by atoms with Gasteiger partial charge in [-0.15, -0.1) is 0 Å². The summed E-state index contributed by atoms with van der Waals surface area (Å²) in [6, 6.07) is 9.73. The number of benzene rings is 1. The maximum Gasteiger partial charge on any atom is 0.313 e. The van der Waals surface area contributed by atoms with Crippen molar-refractivity contribution in [2.45, 2.75) is 20.3 Å². The van der Waals surface area contributed by atoms with E-state index in [0.29, 0.717) is 0 Å². The molecule has 80 valence electrons. The maximum absolute atomic E-state index is 11.3. The topological polar surface area (TPSA) is 26.3 Å². The van der Waals surface area contributed by atoms with E-state index in [-0.39, 0.29) is 11.9 Å². The van der Waals surface area contributed by atoms with Gasteiger partial charge in [0.05, 0.1) is 12.2 Å². The minimum absolute atomic E-state index is 0.0366. The van der Waals surface area contributed by atoms with Crippen molar-refractivity contribution in [1.82, 2.24) is 0 Å². The molecule has 0 spiro atoms. The average Bonchev–Trinajstić information content (AvgIpc) is 2.29. The lowest BCUT2D eigenvalue weighted by molar-refractivity contribution is -0.142. The van der Waals surface area contributed by atoms with E-state index < -0.39 is 0 Å². The SMILES string of the molecule is CC[C@H](C)C(=O)OC=Cc1ccccc1. The highest BCUT2D eigenvalue weighted by Gasteiger charge is 2.09. The molecule has 0 aromatic heterocycles. The molecule has 0 aliphatic heterocycles. The number of carbonyl (C=O) groups excluding carboxylic acids is 1. The smallest absolute Gasteiger partial charge is 0.313 e. The van der Waals surface area contributed by atoms with Crippen LogP contribution in [0.3, 0.4) is 0 Å². The summed E-state index contributed by atoms with van der Waals surface area (Å²) in [7, 11) is 0. The number of carbonyl (C=O) groups is 1. The fourth-order valence-electron chi connectivity index (χ4n) is 1.03. The molecule has 1 aromatic carbocycles. The van der Waals surface area contributed by atoms with Crippen LogP contribution in [0.25, 0.3) is 6.08 Å². The minimum Gasteiger partial charge on any atom is -0.434 e. The maximum atomic E-state index is 11.3. The predicted octanol–water partition coefficient (Wildman–Crippen LogP) is 3.25. The average molecular weight is 204 g/mol. The van der Waals surface area contributed by atoms with Crippen LogP contribution in [0.1, 0.15) is 25.8 Å². The van der Waals surface area contributed by atoms with Crippen molar-refractivity contribution < 1.29 is 9.53 Å². The van der Waals surface area contributed by atoms with Crippen molar-refractivity contribution in [2.24, 2.45) is 5.92 Å². The van der Waals surface area contributed by atoms with E-state index in [1.165, 1.54) is 6.26 Å². The quantitative estimate of drug-likeness (QED) is 0.556. The van der Waals surface area contributed by atoms with E-state index >= 15 is 0 Å². The molecule has 0 saturated heterocycles. The molecule has 0 aliphatic rings. The Labute approximate surface area is 90.6 Å². The van der Waals surface area contributed by atoms with E-state index in [1.54, 1.807) is 6.08 Å². The van der Waals surface area contributed by atoms with Crippen molar-refractivity contribution >= 4 is 12.0 Å². The number of ether oxygens (including phenoxy) is 1. The van der Waals surface area contributed by atoms with Crippen LogP contribution in [-0.2, 0) is 9.53 Å². The lowest BCUT2D eigenvalue weighted by Gasteiger charge is -2.04. The summed E-state index contributed by atoms with van der Waals surface area (Å²) in [5.41, 5.74) is 1.02. The number of hydrogen-bond acceptors (Lipinski definition) is 2. The van der Waals surface area contributed by atoms with Gasteiger partial charge in [-0.3, -0.25) is 4.79 Å². The van der Waals surface area contributed by atoms with Crippen LogP contribution in [0.5, 0.6) is 0 Å². The molecule has 2 heteroatoms. The number of esters is 1. The van der Waals surface area contributed by atoms with Gasteiger partial charge in [-0.25, -0.2) is 0 Å². The zero-order valence-corrected chi connectivity index (χ0v) is 9.14. The first-order chi connectivity index (χ1) is 7.24. The van der Waals surface area contributed by atoms with Gasteiger partial charge in [0, 0.05) is 0 Å². The zero-order valence-electron chi connectivity index (χ0n) is 9.14. The summed E-state index contributed by atoms with van der Waals surface area (Å²) in [6.45, 7) is 3.82. The monoisotopic (exact) mass is 204 g/mol. The Balaban J connectivity index is 2.44. The normalized spacial score (nSPS) is 12.7. The molecular formula is C13H16O2. The first-order valence-electron chi connectivity index (χ1n) is 5.16. The Hall–Kier alpha value is -1.57. The summed E-state index contributed by atoms with van der Waals surface area (Å²) in [4.78, 5) is 11.3. The first-order valence-corrected chi connectivity index (χ1v) is 5.16. The van der Waals surface area contributed by atoms with Crippen molar-refractivity contribution in [3.05, 3.63) is 42.2 Å². The fourth-order valence-corrected chi connectivity index (χ4v) is 1.03. The molecule has 0 fully saturated rings. The van der Waals surface area contributed by atoms with Gasteiger partial charge in [0.1, 0.15) is 0 Å². The van der Waals surface area contributed by atoms with E-state index in [1.807, 2.05) is 44.2 Å². The second-order valence-corrected chi connectivity index (χ2v) is 3.46. The van der Waals surface area contributed by atoms with E-state index in [0.717, 1.165) is 12.0 Å². The molecule has 0 saturated carbocycles. The Morgan fingerprint density at radius 2 is 2.07 bits per heavy atom. The van der Waals surface area contributed by atoms with Crippen molar-refractivity contribution in [3.63, 3.8) is 0 Å². The molecule has 1 atom stereocenters. The van der Waals surface area contributed by atoms with Crippen LogP contribution in [0, 0.1) is 5.92 Å². The molecule has 0 radical (unpaired) electrons. The minimum atomic E-state index is -0.176. The molecular weight excluding hydrogens is 188 g/mol. The summed E-state index contributed by atoms with van der Waals surface area (Å²) in [5.74, 6) is -0.213. The van der Waals surface area contributed by atoms with Crippen LogP contribution < -0.4 is 0 Å². The molecule has 0 amide bonds. The number of rotatable bonds is 4. The van der Waals surface area contributed by atoms with Gasteiger partial charge in [0.15, 0.2) is 0 Å².